The number of hydrogen-bond acceptors (Lipinski definition) is 4. The van der Waals surface area contributed by atoms with Gasteiger partial charge in [-0.25, -0.2) is 4.79 Å². The number of benzene rings is 2. The second-order valence-electron chi connectivity index (χ2n) is 8.14. The van der Waals surface area contributed by atoms with Gasteiger partial charge in [0.25, 0.3) is 0 Å². The third-order valence-electron chi connectivity index (χ3n) is 6.13. The second-order valence-corrected chi connectivity index (χ2v) is 8.14. The van der Waals surface area contributed by atoms with Crippen molar-refractivity contribution in [2.45, 2.75) is 38.8 Å². The predicted octanol–water partition coefficient (Wildman–Crippen LogP) is 4.28. The van der Waals surface area contributed by atoms with Crippen LogP contribution in [0.15, 0.2) is 36.4 Å². The van der Waals surface area contributed by atoms with E-state index in [0.29, 0.717) is 11.9 Å². The van der Waals surface area contributed by atoms with Crippen LogP contribution < -0.4 is 15.0 Å². The molecule has 1 fully saturated rings. The number of rotatable bonds is 2. The van der Waals surface area contributed by atoms with Crippen molar-refractivity contribution in [3.8, 4) is 5.75 Å². The minimum Gasteiger partial charge on any atom is -0.410 e. The Kier molecular flexibility index (Phi) is 4.15. The minimum absolute atomic E-state index is 0.0578. The summed E-state index contributed by atoms with van der Waals surface area (Å²) in [5.41, 5.74) is 5.50. The SMILES string of the molecule is Cc1ccc(NC(=O)Oc2ccc3c(c2)[C@]2(C)CCN(C)[C@@H]2N3C)c(C)c1. The number of anilines is 2. The molecule has 0 aromatic heterocycles. The summed E-state index contributed by atoms with van der Waals surface area (Å²) in [7, 11) is 4.32. The van der Waals surface area contributed by atoms with Gasteiger partial charge >= 0.3 is 6.09 Å². The van der Waals surface area contributed by atoms with Crippen molar-refractivity contribution in [1.29, 1.82) is 0 Å². The Hall–Kier alpha value is -2.53. The first-order chi connectivity index (χ1) is 12.8. The van der Waals surface area contributed by atoms with E-state index in [-0.39, 0.29) is 5.41 Å². The normalized spacial score (nSPS) is 23.9. The Morgan fingerprint density at radius 1 is 1.19 bits per heavy atom. The molecule has 0 radical (unpaired) electrons. The van der Waals surface area contributed by atoms with E-state index in [2.05, 4.69) is 42.2 Å². The van der Waals surface area contributed by atoms with Crippen molar-refractivity contribution in [3.63, 3.8) is 0 Å². The van der Waals surface area contributed by atoms with Crippen LogP contribution in [0.5, 0.6) is 5.75 Å². The Labute approximate surface area is 160 Å². The first-order valence-corrected chi connectivity index (χ1v) is 9.43. The maximum Gasteiger partial charge on any atom is 0.417 e. The molecule has 142 valence electrons. The zero-order valence-electron chi connectivity index (χ0n) is 16.7. The first-order valence-electron chi connectivity index (χ1n) is 9.43. The van der Waals surface area contributed by atoms with Crippen molar-refractivity contribution in [3.05, 3.63) is 53.1 Å². The van der Waals surface area contributed by atoms with Gasteiger partial charge in [-0.3, -0.25) is 10.2 Å². The van der Waals surface area contributed by atoms with E-state index in [4.69, 9.17) is 4.74 Å². The van der Waals surface area contributed by atoms with Crippen LogP contribution in [0.25, 0.3) is 0 Å². The Morgan fingerprint density at radius 2 is 1.96 bits per heavy atom. The molecule has 2 aromatic carbocycles. The van der Waals surface area contributed by atoms with Crippen LogP contribution in [0.3, 0.4) is 0 Å². The molecule has 5 nitrogen and oxygen atoms in total. The monoisotopic (exact) mass is 365 g/mol. The fourth-order valence-corrected chi connectivity index (χ4v) is 4.81. The van der Waals surface area contributed by atoms with Gasteiger partial charge in [-0.05, 0) is 62.7 Å². The highest BCUT2D eigenvalue weighted by molar-refractivity contribution is 5.87. The number of hydrogen-bond donors (Lipinski definition) is 1. The number of nitrogens with zero attached hydrogens (tertiary/aromatic N) is 2. The third kappa shape index (κ3) is 2.86. The molecule has 2 atom stereocenters. The Balaban J connectivity index is 1.55. The minimum atomic E-state index is -0.460. The van der Waals surface area contributed by atoms with Gasteiger partial charge in [0.1, 0.15) is 5.75 Å². The van der Waals surface area contributed by atoms with Gasteiger partial charge in [-0.15, -0.1) is 0 Å². The van der Waals surface area contributed by atoms with E-state index in [1.807, 2.05) is 44.2 Å². The van der Waals surface area contributed by atoms with Crippen LogP contribution in [0.1, 0.15) is 30.0 Å². The summed E-state index contributed by atoms with van der Waals surface area (Å²) >= 11 is 0. The number of aryl methyl sites for hydroxylation is 2. The van der Waals surface area contributed by atoms with Crippen LogP contribution in [0.4, 0.5) is 16.2 Å². The van der Waals surface area contributed by atoms with E-state index in [1.165, 1.54) is 16.8 Å². The summed E-state index contributed by atoms with van der Waals surface area (Å²) in [4.78, 5) is 17.1. The smallest absolute Gasteiger partial charge is 0.410 e. The molecule has 1 amide bonds. The van der Waals surface area contributed by atoms with Crippen molar-refractivity contribution in [2.24, 2.45) is 0 Å². The zero-order valence-corrected chi connectivity index (χ0v) is 16.7. The largest absolute Gasteiger partial charge is 0.417 e. The van der Waals surface area contributed by atoms with Gasteiger partial charge in [-0.2, -0.15) is 0 Å². The van der Waals surface area contributed by atoms with E-state index >= 15 is 0 Å². The van der Waals surface area contributed by atoms with E-state index in [9.17, 15) is 4.79 Å². The van der Waals surface area contributed by atoms with Gasteiger partial charge in [-0.1, -0.05) is 24.6 Å². The van der Waals surface area contributed by atoms with Crippen LogP contribution >= 0.6 is 0 Å². The van der Waals surface area contributed by atoms with Crippen molar-refractivity contribution in [2.75, 3.05) is 30.9 Å². The van der Waals surface area contributed by atoms with Crippen LogP contribution in [0, 0.1) is 13.8 Å². The number of carbonyl (C=O) groups is 1. The average molecular weight is 365 g/mol. The molecule has 2 aromatic rings. The molecule has 2 aliphatic heterocycles. The number of ether oxygens (including phenoxy) is 1. The maximum absolute atomic E-state index is 12.4. The standard InChI is InChI=1S/C22H27N3O2/c1-14-6-8-18(15(2)12-14)23-21(26)27-16-7-9-19-17(13-16)22(3)10-11-24(4)20(22)25(19)5/h6-9,12-13,20H,10-11H2,1-5H3,(H,23,26)/t20-,22+/m1/s1. The number of nitrogens with one attached hydrogen (secondary N) is 1. The second kappa shape index (κ2) is 6.27. The number of amides is 1. The van der Waals surface area contributed by atoms with Crippen molar-refractivity contribution in [1.82, 2.24) is 4.90 Å². The quantitative estimate of drug-likeness (QED) is 0.863. The highest BCUT2D eigenvalue weighted by Crippen LogP contribution is 2.51. The van der Waals surface area contributed by atoms with Gasteiger partial charge in [0.05, 0.1) is 6.17 Å². The fraction of sp³-hybridized carbons (Fsp3) is 0.409. The topological polar surface area (TPSA) is 44.8 Å². The van der Waals surface area contributed by atoms with Crippen molar-refractivity contribution >= 4 is 17.5 Å². The lowest BCUT2D eigenvalue weighted by atomic mass is 9.81. The number of likely N-dealkylation sites (tertiary alicyclic amines) is 1. The van der Waals surface area contributed by atoms with Crippen LogP contribution in [-0.4, -0.2) is 37.8 Å². The summed E-state index contributed by atoms with van der Waals surface area (Å²) < 4.78 is 5.60. The Bertz CT molecular complexity index is 910. The summed E-state index contributed by atoms with van der Waals surface area (Å²) in [5.74, 6) is 0.584. The fourth-order valence-electron chi connectivity index (χ4n) is 4.81. The maximum atomic E-state index is 12.4. The molecule has 0 unspecified atom stereocenters. The highest BCUT2D eigenvalue weighted by atomic mass is 16.6. The van der Waals surface area contributed by atoms with E-state index < -0.39 is 6.09 Å². The molecule has 0 spiro atoms. The summed E-state index contributed by atoms with van der Waals surface area (Å²) in [6.45, 7) is 7.39. The molecule has 0 aliphatic carbocycles. The van der Waals surface area contributed by atoms with Crippen LogP contribution in [-0.2, 0) is 5.41 Å². The average Bonchev–Trinajstić information content (AvgIpc) is 3.03. The molecule has 0 saturated carbocycles. The predicted molar refractivity (Wildman–Crippen MR) is 109 cm³/mol. The molecular weight excluding hydrogens is 338 g/mol. The number of likely N-dealkylation sites (N-methyl/N-ethyl adjacent to an activating group) is 2. The van der Waals surface area contributed by atoms with Crippen LogP contribution in [0.2, 0.25) is 0 Å². The lowest BCUT2D eigenvalue weighted by molar-refractivity contribution is 0.215. The lowest BCUT2D eigenvalue weighted by Crippen LogP contribution is -2.45. The summed E-state index contributed by atoms with van der Waals surface area (Å²) in [6, 6.07) is 11.9. The van der Waals surface area contributed by atoms with Gasteiger partial charge < -0.3 is 9.64 Å². The van der Waals surface area contributed by atoms with E-state index in [0.717, 1.165) is 24.2 Å². The molecule has 5 heteroatoms. The first kappa shape index (κ1) is 17.9. The zero-order chi connectivity index (χ0) is 19.3. The van der Waals surface area contributed by atoms with Crippen molar-refractivity contribution < 1.29 is 9.53 Å². The molecule has 1 saturated heterocycles. The molecular formula is C22H27N3O2. The molecule has 4 rings (SSSR count). The molecule has 1 N–H and O–H groups in total. The number of carbonyl (C=O) groups excluding carboxylic acids is 1. The molecule has 0 bridgehead atoms. The molecule has 2 heterocycles. The summed E-state index contributed by atoms with van der Waals surface area (Å²) in [5, 5.41) is 2.85. The van der Waals surface area contributed by atoms with Gasteiger partial charge in [0, 0.05) is 30.4 Å². The van der Waals surface area contributed by atoms with Gasteiger partial charge in [0.2, 0.25) is 0 Å². The third-order valence-corrected chi connectivity index (χ3v) is 6.13. The Morgan fingerprint density at radius 3 is 2.70 bits per heavy atom. The lowest BCUT2D eigenvalue weighted by Gasteiger charge is -2.32. The number of fused-ring (bicyclic) bond motifs is 3. The molecule has 27 heavy (non-hydrogen) atoms. The molecule has 2 aliphatic rings. The summed E-state index contributed by atoms with van der Waals surface area (Å²) in [6.07, 6.45) is 0.995. The van der Waals surface area contributed by atoms with Gasteiger partial charge in [0.15, 0.2) is 0 Å². The van der Waals surface area contributed by atoms with E-state index in [1.54, 1.807) is 0 Å². The highest BCUT2D eigenvalue weighted by Gasteiger charge is 2.52.